The SMILES string of the molecule is COC(=O)C(N)NCS(=O)(=O)c1c(C)cc(OCCCC(=O)CCCNC(=O)OCc2ccccc2)cc1C. The molecule has 0 radical (unpaired) electrons. The van der Waals surface area contributed by atoms with Gasteiger partial charge in [0.1, 0.15) is 24.0 Å². The van der Waals surface area contributed by atoms with Crippen LogP contribution >= 0.6 is 0 Å². The number of sulfone groups is 1. The zero-order valence-electron chi connectivity index (χ0n) is 22.5. The number of carbonyl (C=O) groups is 3. The zero-order valence-corrected chi connectivity index (χ0v) is 23.3. The van der Waals surface area contributed by atoms with E-state index >= 15 is 0 Å². The van der Waals surface area contributed by atoms with Gasteiger partial charge in [0.05, 0.1) is 18.6 Å². The van der Waals surface area contributed by atoms with Crippen molar-refractivity contribution in [2.45, 2.75) is 57.2 Å². The van der Waals surface area contributed by atoms with Crippen LogP contribution in [-0.4, -0.2) is 58.6 Å². The Morgan fingerprint density at radius 1 is 1.00 bits per heavy atom. The van der Waals surface area contributed by atoms with Crippen molar-refractivity contribution in [2.75, 3.05) is 26.1 Å². The molecule has 0 fully saturated rings. The molecule has 0 aliphatic heterocycles. The number of rotatable bonds is 16. The van der Waals surface area contributed by atoms with E-state index in [2.05, 4.69) is 15.4 Å². The number of hydrogen-bond acceptors (Lipinski definition) is 10. The summed E-state index contributed by atoms with van der Waals surface area (Å²) >= 11 is 0. The van der Waals surface area contributed by atoms with Crippen molar-refractivity contribution in [3.8, 4) is 5.75 Å². The van der Waals surface area contributed by atoms with Crippen molar-refractivity contribution in [1.29, 1.82) is 0 Å². The zero-order chi connectivity index (χ0) is 28.8. The van der Waals surface area contributed by atoms with Crippen LogP contribution in [0.2, 0.25) is 0 Å². The van der Waals surface area contributed by atoms with Crippen molar-refractivity contribution >= 4 is 27.7 Å². The standard InChI is InChI=1S/C27H37N3O8S/c1-19-15-23(16-20(2)24(19)39(34,35)18-30-25(28)26(32)36-3)37-14-8-12-22(31)11-7-13-29-27(33)38-17-21-9-5-4-6-10-21/h4-6,9-10,15-16,25,30H,7-8,11-14,17-18,28H2,1-3H3,(H,29,33). The van der Waals surface area contributed by atoms with Gasteiger partial charge in [-0.1, -0.05) is 30.3 Å². The number of nitrogens with one attached hydrogen (secondary N) is 2. The second kappa shape index (κ2) is 15.8. The molecule has 0 aliphatic rings. The maximum Gasteiger partial charge on any atom is 0.407 e. The first kappa shape index (κ1) is 31.7. The van der Waals surface area contributed by atoms with Crippen LogP contribution in [0.1, 0.15) is 42.4 Å². The van der Waals surface area contributed by atoms with Gasteiger partial charge in [0, 0.05) is 19.4 Å². The van der Waals surface area contributed by atoms with Crippen molar-refractivity contribution in [3.63, 3.8) is 0 Å². The van der Waals surface area contributed by atoms with Gasteiger partial charge < -0.3 is 25.3 Å². The van der Waals surface area contributed by atoms with Crippen molar-refractivity contribution < 1.29 is 37.0 Å². The van der Waals surface area contributed by atoms with E-state index in [9.17, 15) is 22.8 Å². The summed E-state index contributed by atoms with van der Waals surface area (Å²) in [6.45, 7) is 4.13. The molecule has 2 aromatic carbocycles. The van der Waals surface area contributed by atoms with E-state index in [1.807, 2.05) is 30.3 Å². The number of Topliss-reactive ketones (excluding diaryl/α,β-unsaturated/α-hetero) is 1. The van der Waals surface area contributed by atoms with Crippen LogP contribution in [0.5, 0.6) is 5.75 Å². The van der Waals surface area contributed by atoms with E-state index in [4.69, 9.17) is 15.2 Å². The number of esters is 1. The minimum Gasteiger partial charge on any atom is -0.494 e. The molecule has 11 nitrogen and oxygen atoms in total. The topological polar surface area (TPSA) is 163 Å². The molecule has 2 aromatic rings. The Morgan fingerprint density at radius 3 is 2.28 bits per heavy atom. The third-order valence-corrected chi connectivity index (χ3v) is 7.49. The number of aryl methyl sites for hydroxylation is 2. The van der Waals surface area contributed by atoms with Crippen LogP contribution in [0, 0.1) is 13.8 Å². The fourth-order valence-corrected chi connectivity index (χ4v) is 5.44. The van der Waals surface area contributed by atoms with E-state index in [-0.39, 0.29) is 23.9 Å². The molecule has 0 heterocycles. The Bertz CT molecular complexity index is 1200. The summed E-state index contributed by atoms with van der Waals surface area (Å²) in [5.41, 5.74) is 7.44. The summed E-state index contributed by atoms with van der Waals surface area (Å²) in [5.74, 6) is -0.743. The van der Waals surface area contributed by atoms with Crippen LogP contribution in [0.3, 0.4) is 0 Å². The molecule has 1 unspecified atom stereocenters. The molecule has 4 N–H and O–H groups in total. The number of methoxy groups -OCH3 is 1. The van der Waals surface area contributed by atoms with Gasteiger partial charge in [-0.25, -0.2) is 18.0 Å². The highest BCUT2D eigenvalue weighted by atomic mass is 32.2. The molecule has 0 saturated carbocycles. The molecule has 1 amide bonds. The van der Waals surface area contributed by atoms with Crippen LogP contribution in [-0.2, 0) is 35.5 Å². The summed E-state index contributed by atoms with van der Waals surface area (Å²) in [5, 5.41) is 5.09. The normalized spacial score (nSPS) is 11.9. The van der Waals surface area contributed by atoms with E-state index < -0.39 is 33.9 Å². The number of benzene rings is 2. The third kappa shape index (κ3) is 11.0. The number of alkyl carbamates (subject to hydrolysis) is 1. The number of amides is 1. The Morgan fingerprint density at radius 2 is 1.64 bits per heavy atom. The Labute approximate surface area is 229 Å². The Hall–Kier alpha value is -3.48. The summed E-state index contributed by atoms with van der Waals surface area (Å²) in [4.78, 5) is 35.4. The quantitative estimate of drug-likeness (QED) is 0.157. The van der Waals surface area contributed by atoms with Crippen LogP contribution in [0.25, 0.3) is 0 Å². The number of nitrogens with two attached hydrogens (primary N) is 1. The lowest BCUT2D eigenvalue weighted by Gasteiger charge is -2.16. The van der Waals surface area contributed by atoms with Gasteiger partial charge in [0.25, 0.3) is 0 Å². The second-order valence-electron chi connectivity index (χ2n) is 8.93. The smallest absolute Gasteiger partial charge is 0.407 e. The second-order valence-corrected chi connectivity index (χ2v) is 10.9. The van der Waals surface area contributed by atoms with Gasteiger partial charge in [0.2, 0.25) is 0 Å². The molecule has 12 heteroatoms. The van der Waals surface area contributed by atoms with E-state index in [0.717, 1.165) is 12.7 Å². The minimum absolute atomic E-state index is 0.0597. The van der Waals surface area contributed by atoms with Gasteiger partial charge in [0.15, 0.2) is 16.0 Å². The molecule has 2 rings (SSSR count). The lowest BCUT2D eigenvalue weighted by molar-refractivity contribution is -0.142. The molecule has 0 saturated heterocycles. The van der Waals surface area contributed by atoms with Crippen LogP contribution in [0.15, 0.2) is 47.4 Å². The maximum absolute atomic E-state index is 12.8. The fourth-order valence-electron chi connectivity index (χ4n) is 3.80. The molecule has 0 spiro atoms. The molecular formula is C27H37N3O8S. The minimum atomic E-state index is -3.78. The molecule has 39 heavy (non-hydrogen) atoms. The first-order valence-corrected chi connectivity index (χ1v) is 14.2. The predicted octanol–water partition coefficient (Wildman–Crippen LogP) is 2.52. The third-order valence-electron chi connectivity index (χ3n) is 5.68. The molecule has 214 valence electrons. The van der Waals surface area contributed by atoms with Gasteiger partial charge in [-0.05, 0) is 55.5 Å². The van der Waals surface area contributed by atoms with E-state index in [1.54, 1.807) is 26.0 Å². The molecule has 1 atom stereocenters. The summed E-state index contributed by atoms with van der Waals surface area (Å²) < 4.78 is 40.9. The van der Waals surface area contributed by atoms with Crippen molar-refractivity contribution in [3.05, 3.63) is 59.2 Å². The Balaban J connectivity index is 1.69. The lowest BCUT2D eigenvalue weighted by Crippen LogP contribution is -2.47. The van der Waals surface area contributed by atoms with E-state index in [0.29, 0.717) is 49.1 Å². The summed E-state index contributed by atoms with van der Waals surface area (Å²) in [7, 11) is -2.62. The van der Waals surface area contributed by atoms with Gasteiger partial charge in [-0.15, -0.1) is 0 Å². The summed E-state index contributed by atoms with van der Waals surface area (Å²) in [6, 6.07) is 12.6. The fraction of sp³-hybridized carbons (Fsp3) is 0.444. The van der Waals surface area contributed by atoms with Crippen molar-refractivity contribution in [2.24, 2.45) is 5.73 Å². The van der Waals surface area contributed by atoms with Crippen molar-refractivity contribution in [1.82, 2.24) is 10.6 Å². The predicted molar refractivity (Wildman–Crippen MR) is 145 cm³/mol. The monoisotopic (exact) mass is 563 g/mol. The molecule has 0 aliphatic carbocycles. The van der Waals surface area contributed by atoms with Gasteiger partial charge in [-0.2, -0.15) is 0 Å². The maximum atomic E-state index is 12.8. The first-order chi connectivity index (χ1) is 18.5. The first-order valence-electron chi connectivity index (χ1n) is 12.5. The molecule has 0 bridgehead atoms. The number of hydrogen-bond donors (Lipinski definition) is 3. The van der Waals surface area contributed by atoms with E-state index in [1.165, 1.54) is 0 Å². The average molecular weight is 564 g/mol. The Kier molecular flexibility index (Phi) is 12.9. The number of carbonyl (C=O) groups excluding carboxylic acids is 3. The average Bonchev–Trinajstić information content (AvgIpc) is 2.90. The number of ether oxygens (including phenoxy) is 3. The van der Waals surface area contributed by atoms with Gasteiger partial charge in [-0.3, -0.25) is 10.1 Å². The highest BCUT2D eigenvalue weighted by Crippen LogP contribution is 2.26. The lowest BCUT2D eigenvalue weighted by atomic mass is 10.1. The summed E-state index contributed by atoms with van der Waals surface area (Å²) in [6.07, 6.45) is -0.113. The highest BCUT2D eigenvalue weighted by molar-refractivity contribution is 7.91. The van der Waals surface area contributed by atoms with Crippen LogP contribution < -0.4 is 21.1 Å². The molecular weight excluding hydrogens is 526 g/mol. The van der Waals surface area contributed by atoms with Crippen LogP contribution in [0.4, 0.5) is 4.79 Å². The largest absolute Gasteiger partial charge is 0.494 e. The molecule has 0 aromatic heterocycles. The highest BCUT2D eigenvalue weighted by Gasteiger charge is 2.23. The van der Waals surface area contributed by atoms with Gasteiger partial charge >= 0.3 is 12.1 Å². The number of ketones is 1.